The van der Waals surface area contributed by atoms with Gasteiger partial charge in [-0.05, 0) is 31.2 Å². The summed E-state index contributed by atoms with van der Waals surface area (Å²) in [7, 11) is 0. The van der Waals surface area contributed by atoms with Gasteiger partial charge in [-0.2, -0.15) is 0 Å². The highest BCUT2D eigenvalue weighted by atomic mass is 16.5. The van der Waals surface area contributed by atoms with Crippen LogP contribution < -0.4 is 10.6 Å². The maximum Gasteiger partial charge on any atom is 0.315 e. The van der Waals surface area contributed by atoms with E-state index in [2.05, 4.69) is 24.5 Å². The third-order valence-electron chi connectivity index (χ3n) is 4.09. The van der Waals surface area contributed by atoms with Gasteiger partial charge in [0.25, 0.3) is 5.91 Å². The minimum Gasteiger partial charge on any atom is -0.472 e. The molecule has 0 atom stereocenters. The number of rotatable bonds is 8. The molecule has 140 valence electrons. The Morgan fingerprint density at radius 3 is 2.76 bits per heavy atom. The maximum atomic E-state index is 12.2. The molecule has 1 aliphatic rings. The molecule has 0 radical (unpaired) electrons. The number of likely N-dealkylation sites (tertiary alicyclic amines) is 1. The fourth-order valence-electron chi connectivity index (χ4n) is 2.73. The molecular formula is C18H29N3O4. The Labute approximate surface area is 149 Å². The quantitative estimate of drug-likeness (QED) is 0.704. The van der Waals surface area contributed by atoms with Crippen molar-refractivity contribution in [2.24, 2.45) is 5.92 Å². The minimum atomic E-state index is -0.150. The number of ether oxygens (including phenoxy) is 1. The van der Waals surface area contributed by atoms with Gasteiger partial charge in [-0.1, -0.05) is 13.8 Å². The molecule has 0 aromatic carbocycles. The van der Waals surface area contributed by atoms with Gasteiger partial charge in [-0.3, -0.25) is 4.79 Å². The molecule has 0 saturated carbocycles. The number of amides is 3. The van der Waals surface area contributed by atoms with Gasteiger partial charge in [0.2, 0.25) is 0 Å². The van der Waals surface area contributed by atoms with Gasteiger partial charge in [0.05, 0.1) is 11.8 Å². The standard InChI is InChI=1S/C18H29N3O4/c1-14(2)12-24-10-3-7-19-18(23)20-16-4-8-21(9-5-16)17(22)15-6-11-25-13-15/h6,11,13-14,16H,3-5,7-10,12H2,1-2H3,(H2,19,20,23). The predicted octanol–water partition coefficient (Wildman–Crippen LogP) is 2.25. The van der Waals surface area contributed by atoms with E-state index in [1.54, 1.807) is 11.0 Å². The van der Waals surface area contributed by atoms with E-state index in [1.807, 2.05) is 0 Å². The van der Waals surface area contributed by atoms with Crippen LogP contribution in [0.5, 0.6) is 0 Å². The molecule has 1 aliphatic heterocycles. The van der Waals surface area contributed by atoms with Crippen molar-refractivity contribution in [2.75, 3.05) is 32.8 Å². The lowest BCUT2D eigenvalue weighted by molar-refractivity contribution is 0.0707. The minimum absolute atomic E-state index is 0.0157. The number of nitrogens with one attached hydrogen (secondary N) is 2. The summed E-state index contributed by atoms with van der Waals surface area (Å²) in [6, 6.07) is 1.62. The average molecular weight is 351 g/mol. The summed E-state index contributed by atoms with van der Waals surface area (Å²) >= 11 is 0. The van der Waals surface area contributed by atoms with E-state index in [0.29, 0.717) is 37.7 Å². The van der Waals surface area contributed by atoms with Gasteiger partial charge in [-0.25, -0.2) is 4.79 Å². The van der Waals surface area contributed by atoms with E-state index in [4.69, 9.17) is 9.15 Å². The average Bonchev–Trinajstić information content (AvgIpc) is 3.12. The molecule has 1 saturated heterocycles. The number of piperidine rings is 1. The van der Waals surface area contributed by atoms with Crippen LogP contribution in [-0.2, 0) is 4.74 Å². The summed E-state index contributed by atoms with van der Waals surface area (Å²) in [4.78, 5) is 25.9. The van der Waals surface area contributed by atoms with Gasteiger partial charge in [-0.15, -0.1) is 0 Å². The SMILES string of the molecule is CC(C)COCCCNC(=O)NC1CCN(C(=O)c2ccoc2)CC1. The molecule has 0 unspecified atom stereocenters. The summed E-state index contributed by atoms with van der Waals surface area (Å²) < 4.78 is 10.4. The summed E-state index contributed by atoms with van der Waals surface area (Å²) in [6.07, 6.45) is 5.28. The molecule has 7 heteroatoms. The number of nitrogens with zero attached hydrogens (tertiary/aromatic N) is 1. The van der Waals surface area contributed by atoms with Gasteiger partial charge in [0, 0.05) is 38.9 Å². The van der Waals surface area contributed by atoms with Crippen molar-refractivity contribution in [1.82, 2.24) is 15.5 Å². The number of carbonyl (C=O) groups excluding carboxylic acids is 2. The second-order valence-electron chi connectivity index (χ2n) is 6.80. The van der Waals surface area contributed by atoms with Crippen molar-refractivity contribution in [3.63, 3.8) is 0 Å². The molecule has 3 amide bonds. The molecule has 2 heterocycles. The zero-order chi connectivity index (χ0) is 18.1. The molecule has 1 aromatic heterocycles. The van der Waals surface area contributed by atoms with E-state index >= 15 is 0 Å². The summed E-state index contributed by atoms with van der Waals surface area (Å²) in [5.41, 5.74) is 0.573. The van der Waals surface area contributed by atoms with E-state index in [1.165, 1.54) is 12.5 Å². The van der Waals surface area contributed by atoms with E-state index in [0.717, 1.165) is 25.9 Å². The zero-order valence-corrected chi connectivity index (χ0v) is 15.1. The smallest absolute Gasteiger partial charge is 0.315 e. The molecule has 25 heavy (non-hydrogen) atoms. The first-order valence-electron chi connectivity index (χ1n) is 9.00. The number of hydrogen-bond acceptors (Lipinski definition) is 4. The van der Waals surface area contributed by atoms with Crippen LogP contribution in [0.1, 0.15) is 43.5 Å². The highest BCUT2D eigenvalue weighted by molar-refractivity contribution is 5.93. The van der Waals surface area contributed by atoms with Crippen LogP contribution in [0.2, 0.25) is 0 Å². The summed E-state index contributed by atoms with van der Waals surface area (Å²) in [6.45, 7) is 7.51. The van der Waals surface area contributed by atoms with E-state index in [9.17, 15) is 9.59 Å². The Morgan fingerprint density at radius 1 is 1.36 bits per heavy atom. The number of carbonyl (C=O) groups is 2. The third-order valence-corrected chi connectivity index (χ3v) is 4.09. The summed E-state index contributed by atoms with van der Waals surface area (Å²) in [5.74, 6) is 0.514. The first-order valence-corrected chi connectivity index (χ1v) is 9.00. The van der Waals surface area contributed by atoms with E-state index in [-0.39, 0.29) is 18.0 Å². The van der Waals surface area contributed by atoms with Crippen molar-refractivity contribution < 1.29 is 18.7 Å². The lowest BCUT2D eigenvalue weighted by atomic mass is 10.0. The van der Waals surface area contributed by atoms with Crippen molar-refractivity contribution in [2.45, 2.75) is 39.2 Å². The second kappa shape index (κ2) is 10.1. The third kappa shape index (κ3) is 6.78. The Bertz CT molecular complexity index is 522. The first-order chi connectivity index (χ1) is 12.1. The van der Waals surface area contributed by atoms with Gasteiger partial charge >= 0.3 is 6.03 Å². The lowest BCUT2D eigenvalue weighted by Gasteiger charge is -2.32. The first kappa shape index (κ1) is 19.3. The van der Waals surface area contributed by atoms with Crippen LogP contribution in [0, 0.1) is 5.92 Å². The van der Waals surface area contributed by atoms with Crippen LogP contribution in [-0.4, -0.2) is 55.7 Å². The van der Waals surface area contributed by atoms with Crippen molar-refractivity contribution in [1.29, 1.82) is 0 Å². The Hall–Kier alpha value is -2.02. The summed E-state index contributed by atoms with van der Waals surface area (Å²) in [5, 5.41) is 5.83. The molecule has 2 rings (SSSR count). The van der Waals surface area contributed by atoms with Gasteiger partial charge in [0.15, 0.2) is 0 Å². The fraction of sp³-hybridized carbons (Fsp3) is 0.667. The second-order valence-corrected chi connectivity index (χ2v) is 6.80. The highest BCUT2D eigenvalue weighted by Gasteiger charge is 2.24. The van der Waals surface area contributed by atoms with Crippen LogP contribution in [0.15, 0.2) is 23.0 Å². The Balaban J connectivity index is 1.57. The zero-order valence-electron chi connectivity index (χ0n) is 15.1. The molecule has 7 nitrogen and oxygen atoms in total. The lowest BCUT2D eigenvalue weighted by Crippen LogP contribution is -2.49. The van der Waals surface area contributed by atoms with E-state index < -0.39 is 0 Å². The number of furan rings is 1. The van der Waals surface area contributed by atoms with Crippen LogP contribution in [0.4, 0.5) is 4.79 Å². The van der Waals surface area contributed by atoms with Gasteiger partial charge in [0.1, 0.15) is 6.26 Å². The van der Waals surface area contributed by atoms with Crippen LogP contribution in [0.3, 0.4) is 0 Å². The van der Waals surface area contributed by atoms with Crippen LogP contribution in [0.25, 0.3) is 0 Å². The Morgan fingerprint density at radius 2 is 2.12 bits per heavy atom. The molecule has 2 N–H and O–H groups in total. The topological polar surface area (TPSA) is 83.8 Å². The number of hydrogen-bond donors (Lipinski definition) is 2. The maximum absolute atomic E-state index is 12.2. The van der Waals surface area contributed by atoms with Gasteiger partial charge < -0.3 is 24.7 Å². The predicted molar refractivity (Wildman–Crippen MR) is 94.4 cm³/mol. The van der Waals surface area contributed by atoms with Crippen molar-refractivity contribution >= 4 is 11.9 Å². The molecule has 1 fully saturated rings. The monoisotopic (exact) mass is 351 g/mol. The largest absolute Gasteiger partial charge is 0.472 e. The van der Waals surface area contributed by atoms with Crippen molar-refractivity contribution in [3.8, 4) is 0 Å². The fourth-order valence-corrected chi connectivity index (χ4v) is 2.73. The highest BCUT2D eigenvalue weighted by Crippen LogP contribution is 2.14. The molecular weight excluding hydrogens is 322 g/mol. The molecule has 0 aliphatic carbocycles. The molecule has 1 aromatic rings. The normalized spacial score (nSPS) is 15.4. The number of urea groups is 1. The Kier molecular flexibility index (Phi) is 7.78. The molecule has 0 spiro atoms. The molecule has 0 bridgehead atoms. The van der Waals surface area contributed by atoms with Crippen molar-refractivity contribution in [3.05, 3.63) is 24.2 Å². The van der Waals surface area contributed by atoms with Crippen LogP contribution >= 0.6 is 0 Å².